The molecule has 1 amide bonds. The molecule has 0 aromatic carbocycles. The zero-order valence-electron chi connectivity index (χ0n) is 5.48. The quantitative estimate of drug-likeness (QED) is 0.517. The summed E-state index contributed by atoms with van der Waals surface area (Å²) in [4.78, 5) is 12.2. The number of carbonyl (C=O) groups excluding carboxylic acids is 1. The minimum atomic E-state index is 0.153. The fraction of sp³-hybridized carbons (Fsp3) is 0.667. The van der Waals surface area contributed by atoms with Crippen molar-refractivity contribution in [1.29, 1.82) is 0 Å². The average molecular weight is 114 g/mol. The van der Waals surface area contributed by atoms with E-state index in [2.05, 4.69) is 6.92 Å². The van der Waals surface area contributed by atoms with Crippen molar-refractivity contribution in [3.63, 3.8) is 0 Å². The largest absolute Gasteiger partial charge is 0.349 e. The number of carbonyl (C=O) groups is 1. The molecule has 0 aliphatic rings. The van der Waals surface area contributed by atoms with Crippen molar-refractivity contribution < 1.29 is 4.79 Å². The standard InChI is InChI=1S/C6H12NO/c1-4-5-6(8)7(2)3/h1,4-5H2,2-3H3. The van der Waals surface area contributed by atoms with E-state index in [1.807, 2.05) is 0 Å². The van der Waals surface area contributed by atoms with Gasteiger partial charge in [-0.05, 0) is 6.42 Å². The molecule has 0 spiro atoms. The Balaban J connectivity index is 3.33. The molecule has 0 aromatic heterocycles. The van der Waals surface area contributed by atoms with Crippen molar-refractivity contribution in [3.8, 4) is 0 Å². The van der Waals surface area contributed by atoms with Gasteiger partial charge in [-0.15, -0.1) is 0 Å². The molecule has 8 heavy (non-hydrogen) atoms. The first kappa shape index (κ1) is 7.47. The molecule has 0 aliphatic carbocycles. The Labute approximate surface area is 50.5 Å². The predicted molar refractivity (Wildman–Crippen MR) is 33.3 cm³/mol. The molecule has 0 saturated carbocycles. The van der Waals surface area contributed by atoms with Crippen LogP contribution in [-0.2, 0) is 4.79 Å². The summed E-state index contributed by atoms with van der Waals surface area (Å²) < 4.78 is 0. The van der Waals surface area contributed by atoms with Crippen molar-refractivity contribution in [3.05, 3.63) is 6.92 Å². The SMILES string of the molecule is [CH2]CCC(=O)N(C)C. The summed E-state index contributed by atoms with van der Waals surface area (Å²) in [6, 6.07) is 0. The van der Waals surface area contributed by atoms with Crippen LogP contribution in [0.3, 0.4) is 0 Å². The minimum Gasteiger partial charge on any atom is -0.349 e. The molecule has 0 saturated heterocycles. The van der Waals surface area contributed by atoms with E-state index >= 15 is 0 Å². The molecular weight excluding hydrogens is 102 g/mol. The van der Waals surface area contributed by atoms with Gasteiger partial charge < -0.3 is 4.90 Å². The number of nitrogens with zero attached hydrogens (tertiary/aromatic N) is 1. The van der Waals surface area contributed by atoms with Gasteiger partial charge in [0.05, 0.1) is 0 Å². The summed E-state index contributed by atoms with van der Waals surface area (Å²) >= 11 is 0. The molecule has 0 N–H and O–H groups in total. The molecule has 0 rings (SSSR count). The predicted octanol–water partition coefficient (Wildman–Crippen LogP) is 0.689. The Hall–Kier alpha value is -0.530. The van der Waals surface area contributed by atoms with Crippen LogP contribution in [0.1, 0.15) is 12.8 Å². The van der Waals surface area contributed by atoms with E-state index < -0.39 is 0 Å². The van der Waals surface area contributed by atoms with E-state index in [4.69, 9.17) is 0 Å². The molecule has 0 atom stereocenters. The van der Waals surface area contributed by atoms with Gasteiger partial charge in [0, 0.05) is 20.5 Å². The summed E-state index contributed by atoms with van der Waals surface area (Å²) in [5, 5.41) is 0. The van der Waals surface area contributed by atoms with Crippen molar-refractivity contribution in [2.75, 3.05) is 14.1 Å². The van der Waals surface area contributed by atoms with E-state index in [9.17, 15) is 4.79 Å². The van der Waals surface area contributed by atoms with E-state index in [-0.39, 0.29) is 5.91 Å². The zero-order chi connectivity index (χ0) is 6.57. The monoisotopic (exact) mass is 114 g/mol. The molecule has 2 nitrogen and oxygen atoms in total. The van der Waals surface area contributed by atoms with Crippen LogP contribution in [0.4, 0.5) is 0 Å². The van der Waals surface area contributed by atoms with Gasteiger partial charge in [-0.2, -0.15) is 0 Å². The second-order valence-corrected chi connectivity index (χ2v) is 1.89. The van der Waals surface area contributed by atoms with Crippen LogP contribution in [-0.4, -0.2) is 24.9 Å². The molecule has 0 unspecified atom stereocenters. The van der Waals surface area contributed by atoms with Crippen LogP contribution in [0, 0.1) is 6.92 Å². The number of amides is 1. The van der Waals surface area contributed by atoms with Crippen LogP contribution in [0.5, 0.6) is 0 Å². The molecule has 1 radical (unpaired) electrons. The third kappa shape index (κ3) is 2.61. The molecule has 0 bridgehead atoms. The van der Waals surface area contributed by atoms with Crippen LogP contribution < -0.4 is 0 Å². The maximum atomic E-state index is 10.6. The second-order valence-electron chi connectivity index (χ2n) is 1.89. The first-order valence-electron chi connectivity index (χ1n) is 2.68. The Kier molecular flexibility index (Phi) is 3.24. The topological polar surface area (TPSA) is 20.3 Å². The lowest BCUT2D eigenvalue weighted by atomic mass is 10.3. The highest BCUT2D eigenvalue weighted by atomic mass is 16.2. The van der Waals surface area contributed by atoms with Crippen molar-refractivity contribution in [2.45, 2.75) is 12.8 Å². The average Bonchev–Trinajstić information content (AvgIpc) is 1.67. The second kappa shape index (κ2) is 3.47. The molecule has 0 aromatic rings. The summed E-state index contributed by atoms with van der Waals surface area (Å²) in [5.41, 5.74) is 0. The van der Waals surface area contributed by atoms with E-state index in [0.717, 1.165) is 0 Å². The normalized spacial score (nSPS) is 8.88. The minimum absolute atomic E-state index is 0.153. The first-order valence-corrected chi connectivity index (χ1v) is 2.68. The number of hydrogen-bond acceptors (Lipinski definition) is 1. The fourth-order valence-corrected chi connectivity index (χ4v) is 0.375. The van der Waals surface area contributed by atoms with Gasteiger partial charge in [0.2, 0.25) is 5.91 Å². The van der Waals surface area contributed by atoms with Crippen LogP contribution in [0.2, 0.25) is 0 Å². The van der Waals surface area contributed by atoms with Crippen LogP contribution in [0.25, 0.3) is 0 Å². The van der Waals surface area contributed by atoms with Gasteiger partial charge >= 0.3 is 0 Å². The maximum Gasteiger partial charge on any atom is 0.222 e. The van der Waals surface area contributed by atoms with Crippen molar-refractivity contribution in [1.82, 2.24) is 4.90 Å². The molecule has 2 heteroatoms. The van der Waals surface area contributed by atoms with Gasteiger partial charge in [-0.1, -0.05) is 6.92 Å². The van der Waals surface area contributed by atoms with E-state index in [1.165, 1.54) is 0 Å². The molecule has 0 fully saturated rings. The highest BCUT2D eigenvalue weighted by Crippen LogP contribution is 1.89. The molecule has 47 valence electrons. The highest BCUT2D eigenvalue weighted by Gasteiger charge is 1.98. The van der Waals surface area contributed by atoms with Gasteiger partial charge in [0.15, 0.2) is 0 Å². The molecule has 0 aliphatic heterocycles. The van der Waals surface area contributed by atoms with E-state index in [1.54, 1.807) is 19.0 Å². The molecular formula is C6H12NO. The Bertz CT molecular complexity index is 78.6. The van der Waals surface area contributed by atoms with Gasteiger partial charge in [0.1, 0.15) is 0 Å². The van der Waals surface area contributed by atoms with Gasteiger partial charge in [0.25, 0.3) is 0 Å². The van der Waals surface area contributed by atoms with Crippen LogP contribution in [0.15, 0.2) is 0 Å². The summed E-state index contributed by atoms with van der Waals surface area (Å²) in [6.45, 7) is 3.56. The fourth-order valence-electron chi connectivity index (χ4n) is 0.375. The summed E-state index contributed by atoms with van der Waals surface area (Å²) in [7, 11) is 3.50. The first-order chi connectivity index (χ1) is 3.68. The smallest absolute Gasteiger partial charge is 0.222 e. The van der Waals surface area contributed by atoms with Gasteiger partial charge in [-0.25, -0.2) is 0 Å². The number of rotatable bonds is 2. The van der Waals surface area contributed by atoms with Crippen LogP contribution >= 0.6 is 0 Å². The lowest BCUT2D eigenvalue weighted by Gasteiger charge is -2.07. The van der Waals surface area contributed by atoms with E-state index in [0.29, 0.717) is 12.8 Å². The lowest BCUT2D eigenvalue weighted by molar-refractivity contribution is -0.128. The van der Waals surface area contributed by atoms with Gasteiger partial charge in [-0.3, -0.25) is 4.79 Å². The third-order valence-electron chi connectivity index (χ3n) is 0.889. The zero-order valence-corrected chi connectivity index (χ0v) is 5.48. The molecule has 0 heterocycles. The summed E-state index contributed by atoms with van der Waals surface area (Å²) in [6.07, 6.45) is 1.25. The highest BCUT2D eigenvalue weighted by molar-refractivity contribution is 5.75. The Morgan fingerprint density at radius 2 is 2.12 bits per heavy atom. The lowest BCUT2D eigenvalue weighted by Crippen LogP contribution is -2.20. The maximum absolute atomic E-state index is 10.6. The number of hydrogen-bond donors (Lipinski definition) is 0. The van der Waals surface area contributed by atoms with Crippen molar-refractivity contribution in [2.24, 2.45) is 0 Å². The Morgan fingerprint density at radius 1 is 1.62 bits per heavy atom. The summed E-state index contributed by atoms with van der Waals surface area (Å²) in [5.74, 6) is 0.153. The third-order valence-corrected chi connectivity index (χ3v) is 0.889. The van der Waals surface area contributed by atoms with Crippen molar-refractivity contribution >= 4 is 5.91 Å². The Morgan fingerprint density at radius 3 is 2.25 bits per heavy atom.